The average Bonchev–Trinajstić information content (AvgIpc) is 3.00. The number of anilines is 2. The molecule has 3 aromatic rings. The second kappa shape index (κ2) is 5.19. The first-order valence-electron chi connectivity index (χ1n) is 5.81. The number of thiazole rings is 1. The number of hydrogen-bond acceptors (Lipinski definition) is 8. The Morgan fingerprint density at radius 1 is 1.45 bits per heavy atom. The Labute approximate surface area is 121 Å². The molecule has 0 unspecified atom stereocenters. The predicted octanol–water partition coefficient (Wildman–Crippen LogP) is 1.65. The van der Waals surface area contributed by atoms with Crippen molar-refractivity contribution in [3.8, 4) is 0 Å². The first kappa shape index (κ1) is 13.0. The van der Waals surface area contributed by atoms with Crippen molar-refractivity contribution in [2.45, 2.75) is 13.5 Å². The molecule has 0 spiro atoms. The van der Waals surface area contributed by atoms with E-state index in [-0.39, 0.29) is 4.87 Å². The lowest BCUT2D eigenvalue weighted by Crippen LogP contribution is -2.12. The van der Waals surface area contributed by atoms with Crippen molar-refractivity contribution in [2.24, 2.45) is 5.84 Å². The van der Waals surface area contributed by atoms with Crippen LogP contribution in [0, 0.1) is 6.92 Å². The Morgan fingerprint density at radius 2 is 2.30 bits per heavy atom. The first-order chi connectivity index (χ1) is 9.65. The standard InChI is InChI=1S/C11H12N6OS2/c1-5-2-7-8(13-3-6-4-19-11(18)14-6)15-10(17-12)16-9(7)20-5/h2,4H,3,12H2,1H3,(H,14,18)(H2,13,15,16,17). The number of aromatic amines is 1. The van der Waals surface area contributed by atoms with Gasteiger partial charge in [-0.15, -0.1) is 11.3 Å². The van der Waals surface area contributed by atoms with Gasteiger partial charge < -0.3 is 10.3 Å². The van der Waals surface area contributed by atoms with Crippen molar-refractivity contribution < 1.29 is 0 Å². The van der Waals surface area contributed by atoms with Gasteiger partial charge in [0.15, 0.2) is 0 Å². The van der Waals surface area contributed by atoms with E-state index in [0.29, 0.717) is 18.3 Å². The zero-order chi connectivity index (χ0) is 14.1. The van der Waals surface area contributed by atoms with Gasteiger partial charge in [0.2, 0.25) is 5.95 Å². The van der Waals surface area contributed by atoms with Gasteiger partial charge in [0.05, 0.1) is 11.9 Å². The van der Waals surface area contributed by atoms with Crippen LogP contribution in [0.3, 0.4) is 0 Å². The minimum Gasteiger partial charge on any atom is -0.364 e. The number of nitrogens with two attached hydrogens (primary N) is 1. The number of hydrazine groups is 1. The maximum atomic E-state index is 11.1. The van der Waals surface area contributed by atoms with Crippen molar-refractivity contribution in [2.75, 3.05) is 10.7 Å². The molecule has 0 aliphatic heterocycles. The van der Waals surface area contributed by atoms with Gasteiger partial charge in [0.25, 0.3) is 0 Å². The summed E-state index contributed by atoms with van der Waals surface area (Å²) in [4.78, 5) is 24.4. The summed E-state index contributed by atoms with van der Waals surface area (Å²) in [7, 11) is 0. The fourth-order valence-corrected chi connectivity index (χ4v) is 3.28. The highest BCUT2D eigenvalue weighted by molar-refractivity contribution is 7.18. The van der Waals surface area contributed by atoms with Crippen LogP contribution in [0.25, 0.3) is 10.2 Å². The molecule has 0 amide bonds. The molecule has 0 aromatic carbocycles. The van der Waals surface area contributed by atoms with Crippen molar-refractivity contribution in [3.05, 3.63) is 31.7 Å². The monoisotopic (exact) mass is 308 g/mol. The van der Waals surface area contributed by atoms with Crippen molar-refractivity contribution in [1.29, 1.82) is 0 Å². The quantitative estimate of drug-likeness (QED) is 0.431. The summed E-state index contributed by atoms with van der Waals surface area (Å²) in [5.74, 6) is 6.44. The molecule has 3 rings (SSSR count). The lowest BCUT2D eigenvalue weighted by Gasteiger charge is -2.07. The molecule has 0 aliphatic rings. The number of aromatic nitrogens is 3. The molecule has 104 valence electrons. The van der Waals surface area contributed by atoms with E-state index in [1.165, 1.54) is 0 Å². The number of nitrogens with zero attached hydrogens (tertiary/aromatic N) is 2. The van der Waals surface area contributed by atoms with Gasteiger partial charge in [0, 0.05) is 16.0 Å². The zero-order valence-corrected chi connectivity index (χ0v) is 12.2. The highest BCUT2D eigenvalue weighted by Crippen LogP contribution is 2.29. The molecule has 0 bridgehead atoms. The van der Waals surface area contributed by atoms with Gasteiger partial charge >= 0.3 is 4.87 Å². The second-order valence-electron chi connectivity index (χ2n) is 4.14. The maximum absolute atomic E-state index is 11.1. The van der Waals surface area contributed by atoms with E-state index in [1.54, 1.807) is 16.7 Å². The van der Waals surface area contributed by atoms with E-state index >= 15 is 0 Å². The topological polar surface area (TPSA) is 109 Å². The Balaban J connectivity index is 1.94. The normalized spacial score (nSPS) is 10.9. The number of thiophene rings is 1. The molecule has 9 heteroatoms. The lowest BCUT2D eigenvalue weighted by molar-refractivity contribution is 1.04. The predicted molar refractivity (Wildman–Crippen MR) is 82.2 cm³/mol. The van der Waals surface area contributed by atoms with E-state index in [4.69, 9.17) is 5.84 Å². The molecular formula is C11H12N6OS2. The molecule has 0 fully saturated rings. The van der Waals surface area contributed by atoms with E-state index in [0.717, 1.165) is 32.1 Å². The van der Waals surface area contributed by atoms with Crippen molar-refractivity contribution >= 4 is 44.7 Å². The molecule has 7 nitrogen and oxygen atoms in total. The summed E-state index contributed by atoms with van der Waals surface area (Å²) in [6, 6.07) is 2.03. The van der Waals surface area contributed by atoms with Crippen LogP contribution in [-0.2, 0) is 6.54 Å². The van der Waals surface area contributed by atoms with Gasteiger partial charge in [0.1, 0.15) is 10.6 Å². The smallest absolute Gasteiger partial charge is 0.304 e. The minimum absolute atomic E-state index is 0.0645. The van der Waals surface area contributed by atoms with Gasteiger partial charge in [-0.25, -0.2) is 10.8 Å². The third-order valence-corrected chi connectivity index (χ3v) is 4.33. The molecule has 0 atom stereocenters. The van der Waals surface area contributed by atoms with Crippen LogP contribution in [0.4, 0.5) is 11.8 Å². The molecule has 5 N–H and O–H groups in total. The Bertz CT molecular complexity index is 805. The van der Waals surface area contributed by atoms with Crippen LogP contribution in [0.15, 0.2) is 16.2 Å². The number of H-pyrrole nitrogens is 1. The summed E-state index contributed by atoms with van der Waals surface area (Å²) in [5.41, 5.74) is 3.28. The van der Waals surface area contributed by atoms with Crippen LogP contribution in [0.5, 0.6) is 0 Å². The fraction of sp³-hybridized carbons (Fsp3) is 0.182. The molecular weight excluding hydrogens is 296 g/mol. The molecule has 0 saturated carbocycles. The van der Waals surface area contributed by atoms with Crippen LogP contribution in [-0.4, -0.2) is 15.0 Å². The van der Waals surface area contributed by atoms with E-state index in [9.17, 15) is 4.79 Å². The molecule has 0 aliphatic carbocycles. The second-order valence-corrected chi connectivity index (χ2v) is 6.22. The summed E-state index contributed by atoms with van der Waals surface area (Å²) >= 11 is 2.72. The minimum atomic E-state index is -0.0645. The van der Waals surface area contributed by atoms with Gasteiger partial charge in [-0.2, -0.15) is 4.98 Å². The van der Waals surface area contributed by atoms with Crippen LogP contribution < -0.4 is 21.5 Å². The van der Waals surface area contributed by atoms with Gasteiger partial charge in [-0.05, 0) is 13.0 Å². The lowest BCUT2D eigenvalue weighted by atomic mass is 10.3. The third-order valence-electron chi connectivity index (χ3n) is 2.66. The van der Waals surface area contributed by atoms with E-state index in [1.807, 2.05) is 13.0 Å². The number of hydrogen-bond donors (Lipinski definition) is 4. The number of aryl methyl sites for hydroxylation is 1. The van der Waals surface area contributed by atoms with E-state index in [2.05, 4.69) is 25.7 Å². The zero-order valence-electron chi connectivity index (χ0n) is 10.6. The van der Waals surface area contributed by atoms with Gasteiger partial charge in [-0.1, -0.05) is 11.3 Å². The molecule has 20 heavy (non-hydrogen) atoms. The highest BCUT2D eigenvalue weighted by atomic mass is 32.1. The number of nitrogens with one attached hydrogen (secondary N) is 3. The highest BCUT2D eigenvalue weighted by Gasteiger charge is 2.10. The maximum Gasteiger partial charge on any atom is 0.304 e. The SMILES string of the molecule is Cc1cc2c(NCc3csc(=O)[nH]3)nc(NN)nc2s1. The summed E-state index contributed by atoms with van der Waals surface area (Å²) < 4.78 is 0. The molecule has 3 aromatic heterocycles. The van der Waals surface area contributed by atoms with Crippen LogP contribution in [0.2, 0.25) is 0 Å². The largest absolute Gasteiger partial charge is 0.364 e. The first-order valence-corrected chi connectivity index (χ1v) is 7.50. The summed E-state index contributed by atoms with van der Waals surface area (Å²) in [5, 5.41) is 5.94. The fourth-order valence-electron chi connectivity index (χ4n) is 1.82. The average molecular weight is 308 g/mol. The Hall–Kier alpha value is -1.97. The number of rotatable bonds is 4. The number of nitrogen functional groups attached to an aromatic ring is 1. The van der Waals surface area contributed by atoms with E-state index < -0.39 is 0 Å². The summed E-state index contributed by atoms with van der Waals surface area (Å²) in [6.07, 6.45) is 0. The van der Waals surface area contributed by atoms with Crippen molar-refractivity contribution in [1.82, 2.24) is 15.0 Å². The Morgan fingerprint density at radius 3 is 3.00 bits per heavy atom. The molecule has 0 radical (unpaired) electrons. The van der Waals surface area contributed by atoms with Crippen molar-refractivity contribution in [3.63, 3.8) is 0 Å². The summed E-state index contributed by atoms with van der Waals surface area (Å²) in [6.45, 7) is 2.51. The molecule has 3 heterocycles. The van der Waals surface area contributed by atoms with Crippen LogP contribution in [0.1, 0.15) is 10.6 Å². The molecule has 0 saturated heterocycles. The number of fused-ring (bicyclic) bond motifs is 1. The Kier molecular flexibility index (Phi) is 3.38. The van der Waals surface area contributed by atoms with Crippen LogP contribution >= 0.6 is 22.7 Å². The third kappa shape index (κ3) is 2.50. The van der Waals surface area contributed by atoms with Gasteiger partial charge in [-0.3, -0.25) is 10.2 Å².